The van der Waals surface area contributed by atoms with Crippen LogP contribution >= 0.6 is 0 Å². The van der Waals surface area contributed by atoms with Gasteiger partial charge >= 0.3 is 12.2 Å². The molecule has 10 nitrogen and oxygen atoms in total. The number of amides is 3. The zero-order chi connectivity index (χ0) is 29.2. The molecule has 1 fully saturated rings. The number of rotatable bonds is 4. The molecule has 0 aliphatic carbocycles. The minimum atomic E-state index is -0.602. The van der Waals surface area contributed by atoms with Gasteiger partial charge in [-0.15, -0.1) is 0 Å². The van der Waals surface area contributed by atoms with Crippen molar-refractivity contribution < 1.29 is 23.9 Å². The van der Waals surface area contributed by atoms with Gasteiger partial charge in [0.05, 0.1) is 17.6 Å². The number of hydrogen-bond donors (Lipinski definition) is 1. The third-order valence-electron chi connectivity index (χ3n) is 6.49. The topological polar surface area (TPSA) is 105 Å². The third-order valence-corrected chi connectivity index (χ3v) is 6.49. The van der Waals surface area contributed by atoms with E-state index in [4.69, 9.17) is 9.47 Å². The van der Waals surface area contributed by atoms with Crippen molar-refractivity contribution in [2.45, 2.75) is 65.6 Å². The van der Waals surface area contributed by atoms with E-state index in [0.29, 0.717) is 37.3 Å². The molecule has 0 atom stereocenters. The van der Waals surface area contributed by atoms with Crippen molar-refractivity contribution >= 4 is 35.1 Å². The molecule has 1 saturated heterocycles. The number of ether oxygens (including phenoxy) is 2. The highest BCUT2D eigenvalue weighted by atomic mass is 16.6. The Kier molecular flexibility index (Phi) is 8.09. The van der Waals surface area contributed by atoms with E-state index in [0.717, 1.165) is 16.9 Å². The van der Waals surface area contributed by atoms with E-state index in [1.807, 2.05) is 88.5 Å². The van der Waals surface area contributed by atoms with Crippen molar-refractivity contribution in [2.75, 3.05) is 30.4 Å². The molecule has 0 radical (unpaired) electrons. The number of fused-ring (bicyclic) bond motifs is 1. The zero-order valence-electron chi connectivity index (χ0n) is 24.4. The van der Waals surface area contributed by atoms with Crippen LogP contribution in [0.25, 0.3) is 16.9 Å². The number of benzene rings is 1. The normalized spacial score (nSPS) is 14.6. The van der Waals surface area contributed by atoms with Crippen LogP contribution in [0, 0.1) is 5.92 Å². The highest BCUT2D eigenvalue weighted by Gasteiger charge is 2.30. The number of nitrogens with one attached hydrogen (secondary N) is 1. The van der Waals surface area contributed by atoms with Crippen molar-refractivity contribution in [3.63, 3.8) is 0 Å². The second-order valence-corrected chi connectivity index (χ2v) is 12.1. The number of hydrogen-bond acceptors (Lipinski definition) is 6. The van der Waals surface area contributed by atoms with Crippen LogP contribution in [0.4, 0.5) is 21.0 Å². The fraction of sp³-hybridized carbons (Fsp3) is 0.467. The van der Waals surface area contributed by atoms with Crippen molar-refractivity contribution in [3.05, 3.63) is 48.8 Å². The molecule has 1 N–H and O–H groups in total. The molecule has 0 spiro atoms. The molecule has 10 heteroatoms. The van der Waals surface area contributed by atoms with E-state index in [1.54, 1.807) is 18.1 Å². The van der Waals surface area contributed by atoms with Gasteiger partial charge in [-0.2, -0.15) is 0 Å². The summed E-state index contributed by atoms with van der Waals surface area (Å²) in [6.45, 7) is 12.0. The second kappa shape index (κ2) is 11.2. The molecule has 3 aromatic rings. The lowest BCUT2D eigenvalue weighted by Gasteiger charge is -2.32. The average Bonchev–Trinajstić information content (AvgIpc) is 3.30. The maximum Gasteiger partial charge on any atom is 0.414 e. The van der Waals surface area contributed by atoms with Gasteiger partial charge in [-0.1, -0.05) is 12.1 Å². The van der Waals surface area contributed by atoms with Crippen molar-refractivity contribution in [3.8, 4) is 11.3 Å². The van der Waals surface area contributed by atoms with Crippen molar-refractivity contribution in [1.29, 1.82) is 0 Å². The number of aromatic nitrogens is 2. The van der Waals surface area contributed by atoms with E-state index >= 15 is 0 Å². The Bertz CT molecular complexity index is 1390. The van der Waals surface area contributed by atoms with Gasteiger partial charge in [-0.3, -0.25) is 14.1 Å². The smallest absolute Gasteiger partial charge is 0.414 e. The summed E-state index contributed by atoms with van der Waals surface area (Å²) < 4.78 is 12.9. The van der Waals surface area contributed by atoms with Crippen LogP contribution in [0.1, 0.15) is 54.4 Å². The summed E-state index contributed by atoms with van der Waals surface area (Å²) in [6.07, 6.45) is 3.96. The van der Waals surface area contributed by atoms with Crippen LogP contribution in [0.15, 0.2) is 48.8 Å². The largest absolute Gasteiger partial charge is 0.444 e. The van der Waals surface area contributed by atoms with Crippen LogP contribution < -0.4 is 10.2 Å². The fourth-order valence-corrected chi connectivity index (χ4v) is 4.47. The zero-order valence-corrected chi connectivity index (χ0v) is 24.4. The Morgan fingerprint density at radius 3 is 2.30 bits per heavy atom. The van der Waals surface area contributed by atoms with Crippen LogP contribution in [0.2, 0.25) is 0 Å². The van der Waals surface area contributed by atoms with Gasteiger partial charge in [0.15, 0.2) is 0 Å². The Labute approximate surface area is 235 Å². The molecule has 3 amide bonds. The molecule has 2 aromatic heterocycles. The summed E-state index contributed by atoms with van der Waals surface area (Å²) in [4.78, 5) is 45.6. The Morgan fingerprint density at radius 1 is 0.975 bits per heavy atom. The molecular formula is C30H39N5O5. The summed E-state index contributed by atoms with van der Waals surface area (Å²) in [5.74, 6) is -0.260. The number of anilines is 2. The predicted octanol–water partition coefficient (Wildman–Crippen LogP) is 5.96. The standard InChI is InChI=1S/C30H39N5O5/c1-29(2,3)39-27(37)33(7)23-11-12-25-31-18-24(35(25)19-23)21-9-8-10-22(17-21)32-26(36)20-13-15-34(16-14-20)28(38)40-30(4,5)6/h8-12,17-20H,13-16H2,1-7H3,(H,32,36). The molecule has 1 aliphatic rings. The third kappa shape index (κ3) is 7.11. The molecule has 1 aliphatic heterocycles. The quantitative estimate of drug-likeness (QED) is 0.431. The van der Waals surface area contributed by atoms with Crippen LogP contribution in [-0.2, 0) is 14.3 Å². The van der Waals surface area contributed by atoms with E-state index in [2.05, 4.69) is 10.3 Å². The number of carbonyl (C=O) groups excluding carboxylic acids is 3. The molecule has 1 aromatic carbocycles. The fourth-order valence-electron chi connectivity index (χ4n) is 4.47. The summed E-state index contributed by atoms with van der Waals surface area (Å²) in [6, 6.07) is 11.2. The predicted molar refractivity (Wildman–Crippen MR) is 154 cm³/mol. The van der Waals surface area contributed by atoms with Gasteiger partial charge < -0.3 is 19.7 Å². The average molecular weight is 550 g/mol. The first-order chi connectivity index (χ1) is 18.7. The summed E-state index contributed by atoms with van der Waals surface area (Å²) >= 11 is 0. The van der Waals surface area contributed by atoms with E-state index in [1.165, 1.54) is 4.90 Å². The number of carbonyl (C=O) groups is 3. The lowest BCUT2D eigenvalue weighted by atomic mass is 9.96. The van der Waals surface area contributed by atoms with Crippen LogP contribution in [0.3, 0.4) is 0 Å². The molecule has 0 unspecified atom stereocenters. The van der Waals surface area contributed by atoms with Gasteiger partial charge in [0.25, 0.3) is 0 Å². The summed E-state index contributed by atoms with van der Waals surface area (Å²) in [5.41, 5.74) is 2.58. The maximum atomic E-state index is 13.1. The number of imidazole rings is 1. The van der Waals surface area contributed by atoms with Gasteiger partial charge in [0.1, 0.15) is 16.8 Å². The first kappa shape index (κ1) is 28.9. The minimum absolute atomic E-state index is 0.0691. The molecule has 3 heterocycles. The Balaban J connectivity index is 1.45. The Hall–Kier alpha value is -4.08. The van der Waals surface area contributed by atoms with Crippen molar-refractivity contribution in [1.82, 2.24) is 14.3 Å². The van der Waals surface area contributed by atoms with Gasteiger partial charge in [0, 0.05) is 43.5 Å². The lowest BCUT2D eigenvalue weighted by molar-refractivity contribution is -0.121. The first-order valence-electron chi connectivity index (χ1n) is 13.5. The van der Waals surface area contributed by atoms with Crippen LogP contribution in [0.5, 0.6) is 0 Å². The van der Waals surface area contributed by atoms with Gasteiger partial charge in [-0.25, -0.2) is 14.6 Å². The summed E-state index contributed by atoms with van der Waals surface area (Å²) in [7, 11) is 1.67. The highest BCUT2D eigenvalue weighted by Crippen LogP contribution is 2.27. The molecular weight excluding hydrogens is 510 g/mol. The minimum Gasteiger partial charge on any atom is -0.444 e. The second-order valence-electron chi connectivity index (χ2n) is 12.1. The number of piperidine rings is 1. The van der Waals surface area contributed by atoms with Crippen LogP contribution in [-0.4, -0.2) is 63.7 Å². The maximum absolute atomic E-state index is 13.1. The number of likely N-dealkylation sites (tertiary alicyclic amines) is 1. The first-order valence-corrected chi connectivity index (χ1v) is 13.5. The summed E-state index contributed by atoms with van der Waals surface area (Å²) in [5, 5.41) is 3.04. The molecule has 214 valence electrons. The Morgan fingerprint density at radius 2 is 1.65 bits per heavy atom. The van der Waals surface area contributed by atoms with Gasteiger partial charge in [-0.05, 0) is 78.6 Å². The van der Waals surface area contributed by atoms with E-state index < -0.39 is 17.3 Å². The lowest BCUT2D eigenvalue weighted by Crippen LogP contribution is -2.43. The van der Waals surface area contributed by atoms with E-state index in [9.17, 15) is 14.4 Å². The molecule has 4 rings (SSSR count). The molecule has 0 saturated carbocycles. The van der Waals surface area contributed by atoms with Gasteiger partial charge in [0.2, 0.25) is 5.91 Å². The van der Waals surface area contributed by atoms with Crippen molar-refractivity contribution in [2.24, 2.45) is 5.92 Å². The molecule has 40 heavy (non-hydrogen) atoms. The highest BCUT2D eigenvalue weighted by molar-refractivity contribution is 5.93. The van der Waals surface area contributed by atoms with E-state index in [-0.39, 0.29) is 17.9 Å². The number of pyridine rings is 1. The number of nitrogens with zero attached hydrogens (tertiary/aromatic N) is 4. The SMILES string of the molecule is CN(C(=O)OC(C)(C)C)c1ccc2ncc(-c3cccc(NC(=O)C4CCN(C(=O)OC(C)(C)C)CC4)c3)n2c1. The monoisotopic (exact) mass is 549 g/mol. The molecule has 0 bridgehead atoms.